The SMILES string of the molecule is Cc1csc(C2(N)CCCN(Cc3ccccc3)C2)n1. The second-order valence-electron chi connectivity index (χ2n) is 5.75. The van der Waals surface area contributed by atoms with E-state index >= 15 is 0 Å². The second-order valence-corrected chi connectivity index (χ2v) is 6.61. The van der Waals surface area contributed by atoms with Crippen LogP contribution in [0.3, 0.4) is 0 Å². The number of nitrogens with zero attached hydrogens (tertiary/aromatic N) is 2. The number of hydrogen-bond acceptors (Lipinski definition) is 4. The zero-order valence-corrected chi connectivity index (χ0v) is 12.7. The molecular weight excluding hydrogens is 266 g/mol. The molecule has 1 aromatic carbocycles. The number of rotatable bonds is 3. The molecule has 3 nitrogen and oxygen atoms in total. The van der Waals surface area contributed by atoms with Gasteiger partial charge in [-0.25, -0.2) is 4.98 Å². The summed E-state index contributed by atoms with van der Waals surface area (Å²) in [6.07, 6.45) is 2.17. The first kappa shape index (κ1) is 13.7. The van der Waals surface area contributed by atoms with E-state index in [-0.39, 0.29) is 5.54 Å². The van der Waals surface area contributed by atoms with Crippen molar-refractivity contribution in [2.45, 2.75) is 31.8 Å². The molecule has 4 heteroatoms. The molecule has 2 aromatic rings. The van der Waals surface area contributed by atoms with Crippen molar-refractivity contribution < 1.29 is 0 Å². The van der Waals surface area contributed by atoms with Gasteiger partial charge in [0.2, 0.25) is 0 Å². The molecular formula is C16H21N3S. The molecule has 1 unspecified atom stereocenters. The average molecular weight is 287 g/mol. The molecule has 1 saturated heterocycles. The topological polar surface area (TPSA) is 42.1 Å². The van der Waals surface area contributed by atoms with Crippen molar-refractivity contribution in [1.82, 2.24) is 9.88 Å². The summed E-state index contributed by atoms with van der Waals surface area (Å²) >= 11 is 1.70. The van der Waals surface area contributed by atoms with Crippen LogP contribution in [-0.4, -0.2) is 23.0 Å². The molecule has 0 amide bonds. The minimum atomic E-state index is -0.272. The summed E-state index contributed by atoms with van der Waals surface area (Å²) in [5, 5.41) is 3.19. The van der Waals surface area contributed by atoms with Crippen LogP contribution in [0, 0.1) is 6.92 Å². The van der Waals surface area contributed by atoms with Crippen LogP contribution in [-0.2, 0) is 12.1 Å². The van der Waals surface area contributed by atoms with E-state index in [9.17, 15) is 0 Å². The van der Waals surface area contributed by atoms with E-state index in [1.807, 2.05) is 6.92 Å². The van der Waals surface area contributed by atoms with Gasteiger partial charge in [-0.2, -0.15) is 0 Å². The van der Waals surface area contributed by atoms with Crippen molar-refractivity contribution in [3.8, 4) is 0 Å². The van der Waals surface area contributed by atoms with Gasteiger partial charge >= 0.3 is 0 Å². The predicted octanol–water partition coefficient (Wildman–Crippen LogP) is 2.90. The number of thiazole rings is 1. The molecule has 3 rings (SSSR count). The van der Waals surface area contributed by atoms with Crippen molar-refractivity contribution in [2.75, 3.05) is 13.1 Å². The predicted molar refractivity (Wildman–Crippen MR) is 83.7 cm³/mol. The van der Waals surface area contributed by atoms with E-state index in [1.165, 1.54) is 5.56 Å². The smallest absolute Gasteiger partial charge is 0.114 e. The minimum Gasteiger partial charge on any atom is -0.318 e. The van der Waals surface area contributed by atoms with E-state index in [4.69, 9.17) is 5.73 Å². The van der Waals surface area contributed by atoms with Crippen molar-refractivity contribution >= 4 is 11.3 Å². The first-order valence-corrected chi connectivity index (χ1v) is 8.01. The van der Waals surface area contributed by atoms with Gasteiger partial charge in [-0.1, -0.05) is 30.3 Å². The quantitative estimate of drug-likeness (QED) is 0.944. The molecule has 0 spiro atoms. The number of likely N-dealkylation sites (tertiary alicyclic amines) is 1. The van der Waals surface area contributed by atoms with Gasteiger partial charge in [0.15, 0.2) is 0 Å². The molecule has 0 radical (unpaired) electrons. The lowest BCUT2D eigenvalue weighted by molar-refractivity contribution is 0.142. The molecule has 106 valence electrons. The highest BCUT2D eigenvalue weighted by atomic mass is 32.1. The molecule has 1 aliphatic rings. The maximum absolute atomic E-state index is 6.64. The normalized spacial score (nSPS) is 23.9. The second kappa shape index (κ2) is 5.64. The molecule has 1 aromatic heterocycles. The van der Waals surface area contributed by atoms with Gasteiger partial charge in [0.25, 0.3) is 0 Å². The Labute approximate surface area is 124 Å². The van der Waals surface area contributed by atoms with Gasteiger partial charge < -0.3 is 5.73 Å². The van der Waals surface area contributed by atoms with Crippen LogP contribution >= 0.6 is 11.3 Å². The van der Waals surface area contributed by atoms with Gasteiger partial charge in [0, 0.05) is 24.2 Å². The number of aryl methyl sites for hydroxylation is 1. The summed E-state index contributed by atoms with van der Waals surface area (Å²) in [4.78, 5) is 7.07. The van der Waals surface area contributed by atoms with Gasteiger partial charge in [-0.15, -0.1) is 11.3 Å². The maximum atomic E-state index is 6.64. The number of aromatic nitrogens is 1. The fourth-order valence-electron chi connectivity index (χ4n) is 2.91. The van der Waals surface area contributed by atoms with E-state index in [1.54, 1.807) is 11.3 Å². The monoisotopic (exact) mass is 287 g/mol. The van der Waals surface area contributed by atoms with Crippen LogP contribution in [0.25, 0.3) is 0 Å². The first-order chi connectivity index (χ1) is 9.66. The van der Waals surface area contributed by atoms with Crippen molar-refractivity contribution in [3.63, 3.8) is 0 Å². The van der Waals surface area contributed by atoms with Gasteiger partial charge in [-0.3, -0.25) is 4.90 Å². The van der Waals surface area contributed by atoms with E-state index in [0.29, 0.717) is 0 Å². The third kappa shape index (κ3) is 2.92. The lowest BCUT2D eigenvalue weighted by Gasteiger charge is -2.39. The number of hydrogen-bond donors (Lipinski definition) is 1. The van der Waals surface area contributed by atoms with Gasteiger partial charge in [-0.05, 0) is 31.9 Å². The van der Waals surface area contributed by atoms with Crippen LogP contribution in [0.2, 0.25) is 0 Å². The van der Waals surface area contributed by atoms with Crippen LogP contribution < -0.4 is 5.73 Å². The fourth-order valence-corrected chi connectivity index (χ4v) is 3.84. The van der Waals surface area contributed by atoms with Crippen LogP contribution in [0.15, 0.2) is 35.7 Å². The van der Waals surface area contributed by atoms with E-state index in [2.05, 4.69) is 45.6 Å². The molecule has 1 atom stereocenters. The summed E-state index contributed by atoms with van der Waals surface area (Å²) in [5.41, 5.74) is 8.80. The molecule has 1 fully saturated rings. The van der Waals surface area contributed by atoms with E-state index < -0.39 is 0 Å². The molecule has 0 saturated carbocycles. The summed E-state index contributed by atoms with van der Waals surface area (Å²) in [5.74, 6) is 0. The number of nitrogens with two attached hydrogens (primary N) is 1. The minimum absolute atomic E-state index is 0.272. The summed E-state index contributed by atoms with van der Waals surface area (Å²) in [6.45, 7) is 5.03. The van der Waals surface area contributed by atoms with Crippen molar-refractivity contribution in [3.05, 3.63) is 52.0 Å². The van der Waals surface area contributed by atoms with Gasteiger partial charge in [0.1, 0.15) is 5.01 Å². The Kier molecular flexibility index (Phi) is 3.87. The lowest BCUT2D eigenvalue weighted by atomic mass is 9.90. The highest BCUT2D eigenvalue weighted by Crippen LogP contribution is 2.31. The first-order valence-electron chi connectivity index (χ1n) is 7.13. The zero-order chi connectivity index (χ0) is 14.0. The molecule has 0 bridgehead atoms. The Hall–Kier alpha value is -1.23. The lowest BCUT2D eigenvalue weighted by Crippen LogP contribution is -2.51. The number of piperidine rings is 1. The molecule has 1 aliphatic heterocycles. The molecule has 2 heterocycles. The molecule has 2 N–H and O–H groups in total. The Morgan fingerprint density at radius 1 is 1.35 bits per heavy atom. The summed E-state index contributed by atoms with van der Waals surface area (Å²) < 4.78 is 0. The highest BCUT2D eigenvalue weighted by molar-refractivity contribution is 7.09. The largest absolute Gasteiger partial charge is 0.318 e. The van der Waals surface area contributed by atoms with Crippen LogP contribution in [0.4, 0.5) is 0 Å². The van der Waals surface area contributed by atoms with Crippen molar-refractivity contribution in [1.29, 1.82) is 0 Å². The Balaban J connectivity index is 1.73. The zero-order valence-electron chi connectivity index (χ0n) is 11.9. The molecule has 20 heavy (non-hydrogen) atoms. The summed E-state index contributed by atoms with van der Waals surface area (Å²) in [7, 11) is 0. The Bertz CT molecular complexity index is 566. The van der Waals surface area contributed by atoms with E-state index in [0.717, 1.165) is 43.2 Å². The Morgan fingerprint density at radius 3 is 2.85 bits per heavy atom. The van der Waals surface area contributed by atoms with Crippen molar-refractivity contribution in [2.24, 2.45) is 5.73 Å². The summed E-state index contributed by atoms with van der Waals surface area (Å²) in [6, 6.07) is 10.6. The highest BCUT2D eigenvalue weighted by Gasteiger charge is 2.35. The fraction of sp³-hybridized carbons (Fsp3) is 0.438. The third-order valence-electron chi connectivity index (χ3n) is 3.90. The Morgan fingerprint density at radius 2 is 2.15 bits per heavy atom. The van der Waals surface area contributed by atoms with Crippen LogP contribution in [0.5, 0.6) is 0 Å². The van der Waals surface area contributed by atoms with Crippen LogP contribution in [0.1, 0.15) is 29.1 Å². The average Bonchev–Trinajstić information content (AvgIpc) is 2.88. The standard InChI is InChI=1S/C16H21N3S/c1-13-11-20-15(18-13)16(17)8-5-9-19(12-16)10-14-6-3-2-4-7-14/h2-4,6-7,11H,5,8-10,12,17H2,1H3. The van der Waals surface area contributed by atoms with Gasteiger partial charge in [0.05, 0.1) is 5.54 Å². The molecule has 0 aliphatic carbocycles. The maximum Gasteiger partial charge on any atom is 0.114 e. The number of benzene rings is 1. The third-order valence-corrected chi connectivity index (χ3v) is 5.08.